The number of hydrogen-bond donors (Lipinski definition) is 1. The second-order valence-corrected chi connectivity index (χ2v) is 5.33. The van der Waals surface area contributed by atoms with Crippen molar-refractivity contribution in [3.05, 3.63) is 35.9 Å². The van der Waals surface area contributed by atoms with Crippen molar-refractivity contribution in [1.82, 2.24) is 5.32 Å². The van der Waals surface area contributed by atoms with E-state index in [2.05, 4.69) is 5.32 Å². The Morgan fingerprint density at radius 3 is 2.62 bits per heavy atom. The van der Waals surface area contributed by atoms with Gasteiger partial charge in [-0.25, -0.2) is 0 Å². The number of rotatable bonds is 4. The molecule has 0 spiro atoms. The average molecular weight is 253 g/mol. The molecule has 0 aliphatic rings. The van der Waals surface area contributed by atoms with Crippen molar-refractivity contribution in [3.63, 3.8) is 0 Å². The van der Waals surface area contributed by atoms with Crippen molar-refractivity contribution in [2.45, 2.75) is 19.1 Å². The van der Waals surface area contributed by atoms with Gasteiger partial charge in [0.1, 0.15) is 0 Å². The van der Waals surface area contributed by atoms with Gasteiger partial charge in [-0.2, -0.15) is 0 Å². The lowest BCUT2D eigenvalue weighted by Gasteiger charge is -2.11. The van der Waals surface area contributed by atoms with Crippen molar-refractivity contribution in [1.29, 1.82) is 0 Å². The molecule has 1 amide bonds. The number of nitrogens with one attached hydrogen (secondary N) is 1. The summed E-state index contributed by atoms with van der Waals surface area (Å²) in [6, 6.07) is 9.75. The first kappa shape index (κ1) is 13.2. The topological polar surface area (TPSA) is 29.1 Å². The zero-order valence-electron chi connectivity index (χ0n) is 9.40. The van der Waals surface area contributed by atoms with Gasteiger partial charge in [0.2, 0.25) is 5.91 Å². The fourth-order valence-electron chi connectivity index (χ4n) is 1.17. The summed E-state index contributed by atoms with van der Waals surface area (Å²) in [6.45, 7) is 4.43. The molecule has 0 saturated heterocycles. The van der Waals surface area contributed by atoms with Gasteiger partial charge in [-0.3, -0.25) is 4.79 Å². The Hall–Kier alpha value is -0.870. The first-order valence-electron chi connectivity index (χ1n) is 5.19. The van der Waals surface area contributed by atoms with E-state index >= 15 is 0 Å². The summed E-state index contributed by atoms with van der Waals surface area (Å²) >= 11 is 6.70. The molecule has 1 N–H and O–H groups in total. The number of thiocarbonyl (C=S) groups is 1. The molecular weight excluding hydrogens is 238 g/mol. The average Bonchev–Trinajstić information content (AvgIpc) is 2.30. The molecule has 0 fully saturated rings. The largest absolute Gasteiger partial charge is 0.355 e. The summed E-state index contributed by atoms with van der Waals surface area (Å²) in [5.41, 5.74) is 0.999. The minimum Gasteiger partial charge on any atom is -0.355 e. The number of carbonyl (C=O) groups excluding carboxylic acids is 1. The number of carbonyl (C=O) groups is 1. The zero-order chi connectivity index (χ0) is 12.0. The van der Waals surface area contributed by atoms with Gasteiger partial charge in [-0.1, -0.05) is 42.5 Å². The van der Waals surface area contributed by atoms with Crippen LogP contribution in [0.4, 0.5) is 0 Å². The molecule has 16 heavy (non-hydrogen) atoms. The lowest BCUT2D eigenvalue weighted by molar-refractivity contribution is -0.120. The maximum atomic E-state index is 11.5. The van der Waals surface area contributed by atoms with Gasteiger partial charge >= 0.3 is 0 Å². The van der Waals surface area contributed by atoms with Gasteiger partial charge < -0.3 is 5.32 Å². The number of benzene rings is 1. The van der Waals surface area contributed by atoms with E-state index in [0.717, 1.165) is 9.76 Å². The van der Waals surface area contributed by atoms with Crippen LogP contribution in [0.5, 0.6) is 0 Å². The molecule has 1 aromatic carbocycles. The Bertz CT molecular complexity index is 365. The van der Waals surface area contributed by atoms with Crippen LogP contribution >= 0.6 is 24.0 Å². The molecule has 86 valence electrons. The number of hydrogen-bond acceptors (Lipinski definition) is 3. The van der Waals surface area contributed by atoms with E-state index in [1.54, 1.807) is 0 Å². The van der Waals surface area contributed by atoms with E-state index in [4.69, 9.17) is 12.2 Å². The minimum atomic E-state index is -0.146. The van der Waals surface area contributed by atoms with Crippen molar-refractivity contribution in [3.8, 4) is 0 Å². The maximum absolute atomic E-state index is 11.5. The van der Waals surface area contributed by atoms with E-state index < -0.39 is 0 Å². The van der Waals surface area contributed by atoms with E-state index in [-0.39, 0.29) is 11.2 Å². The third-order valence-corrected chi connectivity index (χ3v) is 3.56. The predicted octanol–water partition coefficient (Wildman–Crippen LogP) is 2.62. The summed E-state index contributed by atoms with van der Waals surface area (Å²) in [7, 11) is 0. The molecule has 1 rings (SSSR count). The van der Waals surface area contributed by atoms with Crippen LogP contribution in [0.2, 0.25) is 0 Å². The van der Waals surface area contributed by atoms with Crippen molar-refractivity contribution >= 4 is 34.1 Å². The van der Waals surface area contributed by atoms with Crippen LogP contribution in [0.25, 0.3) is 0 Å². The molecule has 2 nitrogen and oxygen atoms in total. The predicted molar refractivity (Wildman–Crippen MR) is 73.9 cm³/mol. The first-order chi connectivity index (χ1) is 7.65. The molecule has 0 aliphatic heterocycles. The normalized spacial score (nSPS) is 11.9. The Morgan fingerprint density at radius 1 is 1.44 bits per heavy atom. The highest BCUT2D eigenvalue weighted by Gasteiger charge is 2.15. The standard InChI is InChI=1S/C12H15NOS2/c1-3-13-11(14)9(2)16-12(15)10-7-5-4-6-8-10/h4-9H,3H2,1-2H3,(H,13,14). The fourth-order valence-corrected chi connectivity index (χ4v) is 2.53. The number of amides is 1. The monoisotopic (exact) mass is 253 g/mol. The van der Waals surface area contributed by atoms with Crippen molar-refractivity contribution < 1.29 is 4.79 Å². The third kappa shape index (κ3) is 3.94. The molecule has 0 saturated carbocycles. The highest BCUT2D eigenvalue weighted by Crippen LogP contribution is 2.19. The van der Waals surface area contributed by atoms with Crippen molar-refractivity contribution in [2.24, 2.45) is 0 Å². The van der Waals surface area contributed by atoms with E-state index in [1.165, 1.54) is 11.8 Å². The molecule has 0 radical (unpaired) electrons. The Labute approximate surface area is 106 Å². The van der Waals surface area contributed by atoms with Gasteiger partial charge in [0.15, 0.2) is 0 Å². The van der Waals surface area contributed by atoms with Gasteiger partial charge in [0.05, 0.1) is 9.45 Å². The summed E-state index contributed by atoms with van der Waals surface area (Å²) in [5.74, 6) is 0.0331. The fraction of sp³-hybridized carbons (Fsp3) is 0.333. The third-order valence-electron chi connectivity index (χ3n) is 2.01. The Kier molecular flexibility index (Phi) is 5.49. The van der Waals surface area contributed by atoms with Crippen LogP contribution in [0, 0.1) is 0 Å². The van der Waals surface area contributed by atoms with E-state index in [1.807, 2.05) is 44.2 Å². The summed E-state index contributed by atoms with van der Waals surface area (Å²) in [5, 5.41) is 2.64. The molecule has 1 aromatic rings. The number of thioether (sulfide) groups is 1. The quantitative estimate of drug-likeness (QED) is 0.836. The van der Waals surface area contributed by atoms with Crippen LogP contribution < -0.4 is 5.32 Å². The highest BCUT2D eigenvalue weighted by atomic mass is 32.2. The van der Waals surface area contributed by atoms with Gasteiger partial charge in [-0.05, 0) is 19.4 Å². The van der Waals surface area contributed by atoms with Gasteiger partial charge in [-0.15, -0.1) is 11.8 Å². The highest BCUT2D eigenvalue weighted by molar-refractivity contribution is 8.24. The molecule has 0 bridgehead atoms. The van der Waals surface area contributed by atoms with Crippen LogP contribution in [0.1, 0.15) is 19.4 Å². The lowest BCUT2D eigenvalue weighted by Crippen LogP contribution is -2.31. The van der Waals surface area contributed by atoms with E-state index in [0.29, 0.717) is 6.54 Å². The molecule has 1 unspecified atom stereocenters. The SMILES string of the molecule is CCNC(=O)C(C)SC(=S)c1ccccc1. The molecule has 4 heteroatoms. The minimum absolute atomic E-state index is 0.0331. The zero-order valence-corrected chi connectivity index (χ0v) is 11.0. The second kappa shape index (κ2) is 6.66. The van der Waals surface area contributed by atoms with Crippen molar-refractivity contribution in [2.75, 3.05) is 6.54 Å². The maximum Gasteiger partial charge on any atom is 0.233 e. The molecule has 1 atom stereocenters. The summed E-state index contributed by atoms with van der Waals surface area (Å²) in [4.78, 5) is 11.5. The Balaban J connectivity index is 2.55. The van der Waals surface area contributed by atoms with Crippen LogP contribution in [-0.4, -0.2) is 21.9 Å². The summed E-state index contributed by atoms with van der Waals surface area (Å²) in [6.07, 6.45) is 0. The smallest absolute Gasteiger partial charge is 0.233 e. The first-order valence-corrected chi connectivity index (χ1v) is 6.47. The molecular formula is C12H15NOS2. The molecule has 0 aromatic heterocycles. The van der Waals surface area contributed by atoms with E-state index in [9.17, 15) is 4.79 Å². The van der Waals surface area contributed by atoms with Gasteiger partial charge in [0.25, 0.3) is 0 Å². The second-order valence-electron chi connectivity index (χ2n) is 3.31. The summed E-state index contributed by atoms with van der Waals surface area (Å²) < 4.78 is 0.763. The molecule has 0 heterocycles. The van der Waals surface area contributed by atoms with Gasteiger partial charge in [0, 0.05) is 6.54 Å². The Morgan fingerprint density at radius 2 is 2.06 bits per heavy atom. The van der Waals surface area contributed by atoms with Crippen LogP contribution in [-0.2, 0) is 4.79 Å². The van der Waals surface area contributed by atoms with Crippen LogP contribution in [0.3, 0.4) is 0 Å². The van der Waals surface area contributed by atoms with Crippen LogP contribution in [0.15, 0.2) is 30.3 Å². The molecule has 0 aliphatic carbocycles. The lowest BCUT2D eigenvalue weighted by atomic mass is 10.2.